The van der Waals surface area contributed by atoms with Crippen LogP contribution < -0.4 is 0 Å². The lowest BCUT2D eigenvalue weighted by atomic mass is 9.50. The Labute approximate surface area is 131 Å². The Morgan fingerprint density at radius 1 is 1.09 bits per heavy atom. The quantitative estimate of drug-likeness (QED) is 0.870. The van der Waals surface area contributed by atoms with E-state index in [4.69, 9.17) is 4.74 Å². The van der Waals surface area contributed by atoms with E-state index in [-0.39, 0.29) is 5.41 Å². The van der Waals surface area contributed by atoms with Crippen LogP contribution >= 0.6 is 0 Å². The first kappa shape index (κ1) is 14.3. The predicted molar refractivity (Wildman–Crippen MR) is 79.3 cm³/mol. The fourth-order valence-electron chi connectivity index (χ4n) is 6.01. The molecule has 0 radical (unpaired) electrons. The maximum absolute atomic E-state index is 12.3. The fourth-order valence-corrected chi connectivity index (χ4v) is 6.01. The number of carbonyl (C=O) groups is 2. The van der Waals surface area contributed by atoms with Crippen molar-refractivity contribution in [2.75, 3.05) is 13.2 Å². The van der Waals surface area contributed by atoms with Gasteiger partial charge >= 0.3 is 12.1 Å². The second-order valence-electron chi connectivity index (χ2n) is 8.16. The number of likely N-dealkylation sites (tertiary alicyclic amines) is 1. The van der Waals surface area contributed by atoms with Gasteiger partial charge in [-0.15, -0.1) is 0 Å². The zero-order valence-corrected chi connectivity index (χ0v) is 13.0. The molecule has 1 heterocycles. The molecule has 5 aliphatic rings. The van der Waals surface area contributed by atoms with E-state index in [1.54, 1.807) is 0 Å². The van der Waals surface area contributed by atoms with Crippen LogP contribution in [-0.4, -0.2) is 41.3 Å². The van der Waals surface area contributed by atoms with Crippen molar-refractivity contribution in [3.8, 4) is 0 Å². The summed E-state index contributed by atoms with van der Waals surface area (Å²) in [5.74, 6) is 1.60. The van der Waals surface area contributed by atoms with Crippen LogP contribution in [-0.2, 0) is 9.53 Å². The molecule has 0 aromatic rings. The molecule has 1 saturated heterocycles. The highest BCUT2D eigenvalue weighted by Crippen LogP contribution is 2.60. The van der Waals surface area contributed by atoms with Crippen LogP contribution in [0.2, 0.25) is 0 Å². The fraction of sp³-hybridized carbons (Fsp3) is 0.882. The zero-order chi connectivity index (χ0) is 15.3. The zero-order valence-electron chi connectivity index (χ0n) is 13.0. The van der Waals surface area contributed by atoms with Gasteiger partial charge in [0, 0.05) is 12.0 Å². The summed E-state index contributed by atoms with van der Waals surface area (Å²) in [6, 6.07) is -0.691. The molecule has 0 spiro atoms. The third-order valence-corrected chi connectivity index (χ3v) is 6.44. The van der Waals surface area contributed by atoms with Gasteiger partial charge in [0.1, 0.15) is 6.04 Å². The van der Waals surface area contributed by atoms with Gasteiger partial charge in [-0.2, -0.15) is 0 Å². The van der Waals surface area contributed by atoms with Crippen molar-refractivity contribution in [1.29, 1.82) is 0 Å². The minimum atomic E-state index is -0.913. The molecule has 122 valence electrons. The van der Waals surface area contributed by atoms with E-state index in [1.165, 1.54) is 43.4 Å². The molecule has 1 N–H and O–H groups in total. The maximum Gasteiger partial charge on any atom is 0.410 e. The van der Waals surface area contributed by atoms with Crippen LogP contribution in [0.25, 0.3) is 0 Å². The minimum absolute atomic E-state index is 0.197. The average Bonchev–Trinajstić information content (AvgIpc) is 2.93. The third-order valence-electron chi connectivity index (χ3n) is 6.44. The molecule has 1 atom stereocenters. The second kappa shape index (κ2) is 5.14. The first-order valence-electron chi connectivity index (χ1n) is 8.71. The molecule has 4 saturated carbocycles. The summed E-state index contributed by atoms with van der Waals surface area (Å²) in [5.41, 5.74) is 0.197. The average molecular weight is 307 g/mol. The van der Waals surface area contributed by atoms with Crippen LogP contribution in [0.1, 0.15) is 51.4 Å². The highest BCUT2D eigenvalue weighted by molar-refractivity contribution is 5.80. The summed E-state index contributed by atoms with van der Waals surface area (Å²) >= 11 is 0. The molecular weight excluding hydrogens is 282 g/mol. The summed E-state index contributed by atoms with van der Waals surface area (Å²) in [4.78, 5) is 24.9. The third kappa shape index (κ3) is 2.38. The van der Waals surface area contributed by atoms with E-state index in [1.807, 2.05) is 0 Å². The Kier molecular flexibility index (Phi) is 3.35. The number of ether oxygens (including phenoxy) is 1. The van der Waals surface area contributed by atoms with E-state index in [9.17, 15) is 14.7 Å². The maximum atomic E-state index is 12.3. The number of carbonyl (C=O) groups excluding carboxylic acids is 1. The summed E-state index contributed by atoms with van der Waals surface area (Å²) in [5, 5.41) is 9.18. The highest BCUT2D eigenvalue weighted by atomic mass is 16.6. The van der Waals surface area contributed by atoms with Gasteiger partial charge in [-0.3, -0.25) is 4.90 Å². The van der Waals surface area contributed by atoms with E-state index in [0.29, 0.717) is 19.6 Å². The highest BCUT2D eigenvalue weighted by Gasteiger charge is 2.51. The number of rotatable bonds is 3. The largest absolute Gasteiger partial charge is 0.480 e. The monoisotopic (exact) mass is 307 g/mol. The van der Waals surface area contributed by atoms with Crippen LogP contribution in [0.4, 0.5) is 4.79 Å². The van der Waals surface area contributed by atoms with Crippen LogP contribution in [0.15, 0.2) is 0 Å². The smallest absolute Gasteiger partial charge is 0.410 e. The number of nitrogens with zero attached hydrogens (tertiary/aromatic N) is 1. The first-order chi connectivity index (χ1) is 10.5. The first-order valence-corrected chi connectivity index (χ1v) is 8.71. The SMILES string of the molecule is O=C(O)[C@@H]1CCCN1C(=O)OCC12CC3CC(CC(C3)C1)C2. The number of amides is 1. The van der Waals surface area contributed by atoms with Crippen LogP contribution in [0.3, 0.4) is 0 Å². The number of hydrogen-bond donors (Lipinski definition) is 1. The van der Waals surface area contributed by atoms with Gasteiger partial charge in [0.15, 0.2) is 0 Å². The molecule has 1 amide bonds. The Balaban J connectivity index is 1.38. The molecule has 5 fully saturated rings. The molecule has 4 aliphatic carbocycles. The van der Waals surface area contributed by atoms with Gasteiger partial charge < -0.3 is 9.84 Å². The standard InChI is InChI=1S/C17H25NO4/c19-15(20)14-2-1-3-18(14)16(21)22-10-17-7-11-4-12(8-17)6-13(5-11)9-17/h11-14H,1-10H2,(H,19,20)/t11?,12?,13?,14-,17?/m0/s1. The molecule has 4 bridgehead atoms. The molecule has 22 heavy (non-hydrogen) atoms. The van der Waals surface area contributed by atoms with E-state index in [2.05, 4.69) is 0 Å². The van der Waals surface area contributed by atoms with Crippen molar-refractivity contribution in [3.63, 3.8) is 0 Å². The molecule has 5 rings (SSSR count). The normalized spacial score (nSPS) is 42.6. The number of aliphatic carboxylic acids is 1. The minimum Gasteiger partial charge on any atom is -0.480 e. The molecule has 1 aliphatic heterocycles. The van der Waals surface area contributed by atoms with Gasteiger partial charge in [-0.25, -0.2) is 9.59 Å². The van der Waals surface area contributed by atoms with Gasteiger partial charge in [0.25, 0.3) is 0 Å². The Hall–Kier alpha value is -1.26. The van der Waals surface area contributed by atoms with Gasteiger partial charge in [0.05, 0.1) is 6.61 Å². The lowest BCUT2D eigenvalue weighted by Gasteiger charge is -2.56. The Morgan fingerprint density at radius 3 is 2.23 bits per heavy atom. The van der Waals surface area contributed by atoms with Crippen molar-refractivity contribution < 1.29 is 19.4 Å². The number of hydrogen-bond acceptors (Lipinski definition) is 3. The van der Waals surface area contributed by atoms with Crippen LogP contribution in [0.5, 0.6) is 0 Å². The van der Waals surface area contributed by atoms with Crippen LogP contribution in [0, 0.1) is 23.2 Å². The lowest BCUT2D eigenvalue weighted by Crippen LogP contribution is -2.49. The van der Waals surface area contributed by atoms with Gasteiger partial charge in [0.2, 0.25) is 0 Å². The topological polar surface area (TPSA) is 66.8 Å². The summed E-state index contributed by atoms with van der Waals surface area (Å²) in [7, 11) is 0. The molecule has 5 heteroatoms. The van der Waals surface area contributed by atoms with Gasteiger partial charge in [-0.1, -0.05) is 0 Å². The predicted octanol–water partition coefficient (Wildman–Crippen LogP) is 2.89. The van der Waals surface area contributed by atoms with Crippen molar-refractivity contribution in [3.05, 3.63) is 0 Å². The molecule has 0 aromatic carbocycles. The van der Waals surface area contributed by atoms with Crippen molar-refractivity contribution in [2.24, 2.45) is 23.2 Å². The molecular formula is C17H25NO4. The van der Waals surface area contributed by atoms with Crippen molar-refractivity contribution in [2.45, 2.75) is 57.4 Å². The summed E-state index contributed by atoms with van der Waals surface area (Å²) in [6.45, 7) is 1.01. The molecule has 0 aromatic heterocycles. The number of carboxylic acid groups (broad SMARTS) is 1. The van der Waals surface area contributed by atoms with Crippen molar-refractivity contribution in [1.82, 2.24) is 4.90 Å². The van der Waals surface area contributed by atoms with E-state index < -0.39 is 18.1 Å². The van der Waals surface area contributed by atoms with E-state index >= 15 is 0 Å². The van der Waals surface area contributed by atoms with Gasteiger partial charge in [-0.05, 0) is 69.1 Å². The van der Waals surface area contributed by atoms with Crippen molar-refractivity contribution >= 4 is 12.1 Å². The summed E-state index contributed by atoms with van der Waals surface area (Å²) in [6.07, 6.45) is 8.62. The second-order valence-corrected chi connectivity index (χ2v) is 8.16. The Bertz CT molecular complexity index is 454. The van der Waals surface area contributed by atoms with E-state index in [0.717, 1.165) is 24.2 Å². The Morgan fingerprint density at radius 2 is 1.68 bits per heavy atom. The summed E-state index contributed by atoms with van der Waals surface area (Å²) < 4.78 is 5.61. The lowest BCUT2D eigenvalue weighted by molar-refractivity contribution is -0.142. The number of carboxylic acids is 1. The molecule has 0 unspecified atom stereocenters. The molecule has 5 nitrogen and oxygen atoms in total.